The topological polar surface area (TPSA) is 203 Å². The summed E-state index contributed by atoms with van der Waals surface area (Å²) in [6.45, 7) is 0.546. The van der Waals surface area contributed by atoms with Crippen LogP contribution in [-0.4, -0.2) is 88.8 Å². The number of imidazole rings is 1. The average Bonchev–Trinajstić information content (AvgIpc) is 3.31. The fourth-order valence-electron chi connectivity index (χ4n) is 5.34. The molecule has 0 bridgehead atoms. The quantitative estimate of drug-likeness (QED) is 0.216. The van der Waals surface area contributed by atoms with Crippen LogP contribution < -0.4 is 10.6 Å². The van der Waals surface area contributed by atoms with Crippen LogP contribution in [0.1, 0.15) is 24.6 Å². The molecule has 16 heteroatoms. The summed E-state index contributed by atoms with van der Waals surface area (Å²) in [4.78, 5) is 49.9. The SMILES string of the molecule is Nc1nc(Cl)nc2c1ncn2[C@@H]1O[C@@H]2C(OC(Cc3ccc(N4CCCC4=O)cc3)(C(=O)O)C(=O)O)[C@]2(O)[C@@H]1F. The van der Waals surface area contributed by atoms with Gasteiger partial charge in [-0.05, 0) is 35.7 Å². The van der Waals surface area contributed by atoms with Gasteiger partial charge in [0.15, 0.2) is 29.5 Å². The summed E-state index contributed by atoms with van der Waals surface area (Å²) >= 11 is 5.85. The van der Waals surface area contributed by atoms with E-state index in [-0.39, 0.29) is 33.7 Å². The first kappa shape index (κ1) is 26.3. The smallest absolute Gasteiger partial charge is 0.348 e. The maximum absolute atomic E-state index is 15.6. The molecule has 3 aromatic rings. The number of hydrogen-bond acceptors (Lipinski definition) is 10. The van der Waals surface area contributed by atoms with E-state index in [0.717, 1.165) is 4.57 Å². The van der Waals surface area contributed by atoms with E-state index in [2.05, 4.69) is 15.0 Å². The molecule has 210 valence electrons. The maximum Gasteiger partial charge on any atom is 0.348 e. The van der Waals surface area contributed by atoms with Crippen molar-refractivity contribution in [1.82, 2.24) is 19.5 Å². The van der Waals surface area contributed by atoms with Gasteiger partial charge < -0.3 is 35.4 Å². The largest absolute Gasteiger partial charge is 0.479 e. The lowest BCUT2D eigenvalue weighted by Crippen LogP contribution is -2.53. The first-order valence-electron chi connectivity index (χ1n) is 12.2. The monoisotopic (exact) mass is 576 g/mol. The zero-order chi connectivity index (χ0) is 28.6. The molecule has 40 heavy (non-hydrogen) atoms. The summed E-state index contributed by atoms with van der Waals surface area (Å²) in [5.41, 5.74) is 1.59. The summed E-state index contributed by atoms with van der Waals surface area (Å²) in [6.07, 6.45) is -4.98. The summed E-state index contributed by atoms with van der Waals surface area (Å²) < 4.78 is 27.9. The average molecular weight is 577 g/mol. The van der Waals surface area contributed by atoms with E-state index in [1.54, 1.807) is 17.0 Å². The molecular formula is C24H22ClFN6O8. The highest BCUT2D eigenvalue weighted by atomic mass is 35.5. The number of ether oxygens (including phenoxy) is 2. The van der Waals surface area contributed by atoms with Gasteiger partial charge in [-0.1, -0.05) is 12.1 Å². The van der Waals surface area contributed by atoms with Crippen molar-refractivity contribution in [3.05, 3.63) is 41.4 Å². The Morgan fingerprint density at radius 2 is 1.95 bits per heavy atom. The number of aromatic nitrogens is 4. The fourth-order valence-corrected chi connectivity index (χ4v) is 5.51. The number of aliphatic carboxylic acids is 2. The second-order valence-electron chi connectivity index (χ2n) is 9.91. The number of halogens is 2. The molecule has 0 spiro atoms. The highest BCUT2D eigenvalue weighted by Gasteiger charge is 2.80. The van der Waals surface area contributed by atoms with Gasteiger partial charge in [0.2, 0.25) is 11.2 Å². The zero-order valence-corrected chi connectivity index (χ0v) is 21.2. The van der Waals surface area contributed by atoms with E-state index in [0.29, 0.717) is 25.1 Å². The van der Waals surface area contributed by atoms with E-state index in [9.17, 15) is 29.7 Å². The molecule has 5 N–H and O–H groups in total. The second kappa shape index (κ2) is 9.05. The van der Waals surface area contributed by atoms with Crippen LogP contribution in [0.3, 0.4) is 0 Å². The van der Waals surface area contributed by atoms with Gasteiger partial charge in [-0.15, -0.1) is 0 Å². The molecule has 5 atom stereocenters. The van der Waals surface area contributed by atoms with Crippen molar-refractivity contribution in [3.63, 3.8) is 0 Å². The number of rotatable bonds is 8. The maximum atomic E-state index is 15.6. The van der Waals surface area contributed by atoms with Crippen molar-refractivity contribution in [2.75, 3.05) is 17.2 Å². The van der Waals surface area contributed by atoms with Gasteiger partial charge >= 0.3 is 11.9 Å². The molecule has 1 saturated carbocycles. The number of anilines is 2. The van der Waals surface area contributed by atoms with E-state index in [1.807, 2.05) is 0 Å². The molecule has 3 fully saturated rings. The zero-order valence-electron chi connectivity index (χ0n) is 20.5. The summed E-state index contributed by atoms with van der Waals surface area (Å²) in [5, 5.41) is 30.7. The van der Waals surface area contributed by atoms with Crippen LogP contribution in [-0.2, 0) is 30.3 Å². The van der Waals surface area contributed by atoms with Gasteiger partial charge in [-0.25, -0.2) is 19.0 Å². The molecule has 4 heterocycles. The van der Waals surface area contributed by atoms with E-state index in [4.69, 9.17) is 26.8 Å². The van der Waals surface area contributed by atoms with Crippen LogP contribution in [0.4, 0.5) is 15.9 Å². The van der Waals surface area contributed by atoms with Gasteiger partial charge in [-0.3, -0.25) is 9.36 Å². The minimum absolute atomic E-state index is 0.0389. The van der Waals surface area contributed by atoms with Gasteiger partial charge in [-0.2, -0.15) is 9.97 Å². The Bertz CT molecular complexity index is 1540. The number of carbonyl (C=O) groups is 3. The predicted molar refractivity (Wildman–Crippen MR) is 133 cm³/mol. The first-order chi connectivity index (χ1) is 19.0. The lowest BCUT2D eigenvalue weighted by atomic mass is 9.94. The summed E-state index contributed by atoms with van der Waals surface area (Å²) in [6, 6.07) is 6.13. The van der Waals surface area contributed by atoms with Crippen molar-refractivity contribution < 1.29 is 43.6 Å². The van der Waals surface area contributed by atoms with E-state index >= 15 is 4.39 Å². The molecule has 1 unspecified atom stereocenters. The van der Waals surface area contributed by atoms with Gasteiger partial charge in [0, 0.05) is 25.1 Å². The van der Waals surface area contributed by atoms with Crippen LogP contribution in [0.2, 0.25) is 5.28 Å². The third kappa shape index (κ3) is 3.80. The van der Waals surface area contributed by atoms with Gasteiger partial charge in [0.05, 0.1) is 6.33 Å². The lowest BCUT2D eigenvalue weighted by Gasteiger charge is -2.29. The van der Waals surface area contributed by atoms with E-state index < -0.39 is 54.2 Å². The van der Waals surface area contributed by atoms with Crippen LogP contribution in [0.25, 0.3) is 11.2 Å². The fraction of sp³-hybridized carbons (Fsp3) is 0.417. The van der Waals surface area contributed by atoms with Crippen molar-refractivity contribution in [3.8, 4) is 0 Å². The highest BCUT2D eigenvalue weighted by molar-refractivity contribution is 6.28. The molecule has 1 amide bonds. The Labute approximate surface area is 229 Å². The number of hydrogen-bond donors (Lipinski definition) is 4. The molecule has 3 aliphatic rings. The number of carboxylic acids is 2. The number of nitrogens with two attached hydrogens (primary N) is 1. The Morgan fingerprint density at radius 1 is 1.25 bits per heavy atom. The molecule has 2 aliphatic heterocycles. The van der Waals surface area contributed by atoms with Crippen molar-refractivity contribution in [2.24, 2.45) is 0 Å². The minimum Gasteiger partial charge on any atom is -0.479 e. The van der Waals surface area contributed by atoms with Crippen LogP contribution in [0.15, 0.2) is 30.6 Å². The Balaban J connectivity index is 1.23. The third-order valence-electron chi connectivity index (χ3n) is 7.54. The van der Waals surface area contributed by atoms with Crippen molar-refractivity contribution >= 4 is 52.1 Å². The molecule has 2 aromatic heterocycles. The molecule has 0 radical (unpaired) electrons. The second-order valence-corrected chi connectivity index (χ2v) is 10.2. The number of fused-ring (bicyclic) bond motifs is 2. The van der Waals surface area contributed by atoms with Crippen molar-refractivity contribution in [1.29, 1.82) is 0 Å². The van der Waals surface area contributed by atoms with Gasteiger partial charge in [0.25, 0.3) is 5.60 Å². The highest BCUT2D eigenvalue weighted by Crippen LogP contribution is 2.58. The number of nitrogens with zero attached hydrogens (tertiary/aromatic N) is 5. The molecule has 1 aliphatic carbocycles. The number of nitrogen functional groups attached to an aromatic ring is 1. The number of aliphatic hydroxyl groups is 1. The van der Waals surface area contributed by atoms with E-state index in [1.165, 1.54) is 18.5 Å². The van der Waals surface area contributed by atoms with Crippen LogP contribution in [0.5, 0.6) is 0 Å². The first-order valence-corrected chi connectivity index (χ1v) is 12.6. The standard InChI is InChI=1S/C24H22ClFN6O8/c25-22-29-17(27)13-18(30-22)32(9-28-13)19-14(26)24(38)15(39-19)16(24)40-23(20(34)35,21(36)37)8-10-3-5-11(6-4-10)31-7-1-2-12(31)33/h3-6,9,14-16,19,38H,1-2,7-8H2,(H,34,35)(H,36,37)(H2,27,29,30)/t14-,15-,16?,19-,24+/m1/s1. The predicted octanol–water partition coefficient (Wildman–Crippen LogP) is 0.705. The Morgan fingerprint density at radius 3 is 2.52 bits per heavy atom. The molecule has 2 saturated heterocycles. The molecular weight excluding hydrogens is 555 g/mol. The molecule has 6 rings (SSSR count). The number of carbonyl (C=O) groups excluding carboxylic acids is 1. The number of amides is 1. The normalized spacial score (nSPS) is 27.8. The van der Waals surface area contributed by atoms with Crippen LogP contribution in [0, 0.1) is 0 Å². The van der Waals surface area contributed by atoms with Crippen molar-refractivity contribution in [2.45, 2.75) is 55.1 Å². The summed E-state index contributed by atoms with van der Waals surface area (Å²) in [5.74, 6) is -3.79. The molecule has 1 aromatic carbocycles. The summed E-state index contributed by atoms with van der Waals surface area (Å²) in [7, 11) is 0. The number of alkyl halides is 1. The van der Waals surface area contributed by atoms with Crippen LogP contribution >= 0.6 is 11.6 Å². The lowest BCUT2D eigenvalue weighted by molar-refractivity contribution is -0.194. The Hall–Kier alpha value is -3.92. The van der Waals surface area contributed by atoms with Gasteiger partial charge in [0.1, 0.15) is 17.7 Å². The number of carboxylic acid groups (broad SMARTS) is 2. The molecule has 14 nitrogen and oxygen atoms in total. The number of benzene rings is 1. The minimum atomic E-state index is -2.87. The Kier molecular flexibility index (Phi) is 5.96. The third-order valence-corrected chi connectivity index (χ3v) is 7.71.